The smallest absolute Gasteiger partial charge is 0.255 e. The standard InChI is InChI=1S/C17H15N5O/c1-10-7-13-8-14(3-4-15(13)18-10)19-17(23)12-5-6-22-11(2)20-21-16(22)9-12/h3-9,18H,1-2H3,(H,19,23). The van der Waals surface area contributed by atoms with E-state index >= 15 is 0 Å². The zero-order valence-electron chi connectivity index (χ0n) is 12.8. The minimum Gasteiger partial charge on any atom is -0.359 e. The second-order valence-electron chi connectivity index (χ2n) is 5.60. The van der Waals surface area contributed by atoms with Crippen molar-refractivity contribution in [3.05, 3.63) is 59.7 Å². The van der Waals surface area contributed by atoms with Crippen molar-refractivity contribution in [3.8, 4) is 0 Å². The Hall–Kier alpha value is -3.15. The average Bonchev–Trinajstić information content (AvgIpc) is 3.08. The molecule has 1 aromatic carbocycles. The van der Waals surface area contributed by atoms with Crippen LogP contribution in [0.15, 0.2) is 42.6 Å². The molecule has 0 saturated carbocycles. The number of rotatable bonds is 2. The molecular weight excluding hydrogens is 290 g/mol. The third kappa shape index (κ3) is 2.34. The minimum atomic E-state index is -0.167. The Kier molecular flexibility index (Phi) is 2.90. The number of aryl methyl sites for hydroxylation is 2. The monoisotopic (exact) mass is 305 g/mol. The van der Waals surface area contributed by atoms with Gasteiger partial charge in [-0.15, -0.1) is 10.2 Å². The number of nitrogens with one attached hydrogen (secondary N) is 2. The second kappa shape index (κ2) is 4.95. The molecule has 0 aliphatic carbocycles. The number of carbonyl (C=O) groups is 1. The van der Waals surface area contributed by atoms with Crippen LogP contribution in [0.5, 0.6) is 0 Å². The van der Waals surface area contributed by atoms with Crippen LogP contribution in [-0.2, 0) is 0 Å². The van der Waals surface area contributed by atoms with Crippen LogP contribution >= 0.6 is 0 Å². The van der Waals surface area contributed by atoms with Gasteiger partial charge in [0.15, 0.2) is 5.65 Å². The fourth-order valence-corrected chi connectivity index (χ4v) is 2.71. The normalized spacial score (nSPS) is 11.2. The van der Waals surface area contributed by atoms with Gasteiger partial charge in [0.2, 0.25) is 0 Å². The highest BCUT2D eigenvalue weighted by atomic mass is 16.1. The van der Waals surface area contributed by atoms with E-state index in [-0.39, 0.29) is 5.91 Å². The number of fused-ring (bicyclic) bond motifs is 2. The van der Waals surface area contributed by atoms with Gasteiger partial charge in [0.25, 0.3) is 5.91 Å². The van der Waals surface area contributed by atoms with E-state index in [0.717, 1.165) is 28.1 Å². The van der Waals surface area contributed by atoms with E-state index in [1.54, 1.807) is 18.3 Å². The molecule has 0 saturated heterocycles. The maximum absolute atomic E-state index is 12.4. The number of H-pyrrole nitrogens is 1. The lowest BCUT2D eigenvalue weighted by atomic mass is 10.2. The van der Waals surface area contributed by atoms with Gasteiger partial charge in [0.05, 0.1) is 0 Å². The first-order valence-electron chi connectivity index (χ1n) is 7.32. The molecule has 3 aromatic heterocycles. The highest BCUT2D eigenvalue weighted by molar-refractivity contribution is 6.05. The Balaban J connectivity index is 1.64. The van der Waals surface area contributed by atoms with Gasteiger partial charge in [-0.05, 0) is 50.2 Å². The molecule has 6 heteroatoms. The van der Waals surface area contributed by atoms with Crippen molar-refractivity contribution in [1.82, 2.24) is 19.6 Å². The van der Waals surface area contributed by atoms with E-state index in [1.807, 2.05) is 36.4 Å². The van der Waals surface area contributed by atoms with Crippen LogP contribution in [-0.4, -0.2) is 25.5 Å². The summed E-state index contributed by atoms with van der Waals surface area (Å²) in [6.07, 6.45) is 1.80. The summed E-state index contributed by atoms with van der Waals surface area (Å²) in [4.78, 5) is 15.7. The summed E-state index contributed by atoms with van der Waals surface area (Å²) in [5.41, 5.74) is 4.12. The van der Waals surface area contributed by atoms with Gasteiger partial charge in [0, 0.05) is 34.0 Å². The number of pyridine rings is 1. The summed E-state index contributed by atoms with van der Waals surface area (Å²) in [5, 5.41) is 12.0. The summed E-state index contributed by atoms with van der Waals surface area (Å²) in [6, 6.07) is 11.3. The molecule has 114 valence electrons. The summed E-state index contributed by atoms with van der Waals surface area (Å²) in [5.74, 6) is 0.625. The Morgan fingerprint density at radius 1 is 1.13 bits per heavy atom. The number of carbonyl (C=O) groups excluding carboxylic acids is 1. The third-order valence-corrected chi connectivity index (χ3v) is 3.86. The number of aromatic amines is 1. The van der Waals surface area contributed by atoms with Gasteiger partial charge in [-0.3, -0.25) is 9.20 Å². The lowest BCUT2D eigenvalue weighted by Gasteiger charge is -2.06. The molecule has 23 heavy (non-hydrogen) atoms. The van der Waals surface area contributed by atoms with Crippen LogP contribution in [0.25, 0.3) is 16.6 Å². The molecule has 4 rings (SSSR count). The zero-order valence-corrected chi connectivity index (χ0v) is 12.8. The van der Waals surface area contributed by atoms with Crippen LogP contribution in [0.2, 0.25) is 0 Å². The van der Waals surface area contributed by atoms with E-state index < -0.39 is 0 Å². The fourth-order valence-electron chi connectivity index (χ4n) is 2.71. The number of amides is 1. The third-order valence-electron chi connectivity index (χ3n) is 3.86. The molecule has 0 bridgehead atoms. The van der Waals surface area contributed by atoms with Crippen molar-refractivity contribution in [1.29, 1.82) is 0 Å². The number of hydrogen-bond acceptors (Lipinski definition) is 3. The summed E-state index contributed by atoms with van der Waals surface area (Å²) >= 11 is 0. The molecule has 6 nitrogen and oxygen atoms in total. The summed E-state index contributed by atoms with van der Waals surface area (Å²) < 4.78 is 1.84. The molecule has 2 N–H and O–H groups in total. The maximum Gasteiger partial charge on any atom is 0.255 e. The lowest BCUT2D eigenvalue weighted by molar-refractivity contribution is 0.102. The summed E-state index contributed by atoms with van der Waals surface area (Å²) in [7, 11) is 0. The molecule has 0 radical (unpaired) electrons. The van der Waals surface area contributed by atoms with Gasteiger partial charge < -0.3 is 10.3 Å². The second-order valence-corrected chi connectivity index (χ2v) is 5.60. The maximum atomic E-state index is 12.4. The quantitative estimate of drug-likeness (QED) is 0.597. The predicted molar refractivity (Wildman–Crippen MR) is 88.7 cm³/mol. The van der Waals surface area contributed by atoms with E-state index in [1.165, 1.54) is 0 Å². The topological polar surface area (TPSA) is 75.1 Å². The molecule has 0 unspecified atom stereocenters. The molecule has 0 spiro atoms. The van der Waals surface area contributed by atoms with Crippen molar-refractivity contribution < 1.29 is 4.79 Å². The Labute approximate surface area is 132 Å². The first kappa shape index (κ1) is 13.5. The molecule has 3 heterocycles. The van der Waals surface area contributed by atoms with Crippen molar-refractivity contribution in [2.45, 2.75) is 13.8 Å². The van der Waals surface area contributed by atoms with Crippen molar-refractivity contribution in [2.75, 3.05) is 5.32 Å². The van der Waals surface area contributed by atoms with Crippen LogP contribution in [0, 0.1) is 13.8 Å². The van der Waals surface area contributed by atoms with Gasteiger partial charge in [-0.2, -0.15) is 0 Å². The molecule has 4 aromatic rings. The molecule has 0 fully saturated rings. The van der Waals surface area contributed by atoms with Gasteiger partial charge in [-0.1, -0.05) is 0 Å². The first-order chi connectivity index (χ1) is 11.1. The lowest BCUT2D eigenvalue weighted by Crippen LogP contribution is -2.12. The van der Waals surface area contributed by atoms with E-state index in [0.29, 0.717) is 11.2 Å². The van der Waals surface area contributed by atoms with Crippen molar-refractivity contribution >= 4 is 28.1 Å². The summed E-state index contributed by atoms with van der Waals surface area (Å²) in [6.45, 7) is 3.88. The van der Waals surface area contributed by atoms with Crippen LogP contribution in [0.4, 0.5) is 5.69 Å². The Bertz CT molecular complexity index is 1040. The Morgan fingerprint density at radius 2 is 2.00 bits per heavy atom. The van der Waals surface area contributed by atoms with Gasteiger partial charge in [0.1, 0.15) is 5.82 Å². The van der Waals surface area contributed by atoms with E-state index in [9.17, 15) is 4.79 Å². The minimum absolute atomic E-state index is 0.167. The number of anilines is 1. The van der Waals surface area contributed by atoms with Crippen molar-refractivity contribution in [2.24, 2.45) is 0 Å². The van der Waals surface area contributed by atoms with E-state index in [2.05, 4.69) is 26.6 Å². The molecular formula is C17H15N5O. The van der Waals surface area contributed by atoms with Crippen LogP contribution in [0.1, 0.15) is 21.9 Å². The molecule has 1 amide bonds. The SMILES string of the molecule is Cc1cc2cc(NC(=O)c3ccn4c(C)nnc4c3)ccc2[nH]1. The number of hydrogen-bond donors (Lipinski definition) is 2. The van der Waals surface area contributed by atoms with Crippen LogP contribution < -0.4 is 5.32 Å². The number of nitrogens with zero attached hydrogens (tertiary/aromatic N) is 3. The highest BCUT2D eigenvalue weighted by Gasteiger charge is 2.10. The van der Waals surface area contributed by atoms with Gasteiger partial charge >= 0.3 is 0 Å². The average molecular weight is 305 g/mol. The zero-order chi connectivity index (χ0) is 16.0. The molecule has 0 atom stereocenters. The van der Waals surface area contributed by atoms with Crippen molar-refractivity contribution in [3.63, 3.8) is 0 Å². The predicted octanol–water partition coefficient (Wildman–Crippen LogP) is 3.08. The number of aromatic nitrogens is 4. The highest BCUT2D eigenvalue weighted by Crippen LogP contribution is 2.20. The Morgan fingerprint density at radius 3 is 2.87 bits per heavy atom. The van der Waals surface area contributed by atoms with Crippen LogP contribution in [0.3, 0.4) is 0 Å². The first-order valence-corrected chi connectivity index (χ1v) is 7.32. The van der Waals surface area contributed by atoms with E-state index in [4.69, 9.17) is 0 Å². The van der Waals surface area contributed by atoms with Gasteiger partial charge in [-0.25, -0.2) is 0 Å². The molecule has 0 aliphatic heterocycles. The fraction of sp³-hybridized carbons (Fsp3) is 0.118. The molecule has 0 aliphatic rings. The largest absolute Gasteiger partial charge is 0.359 e. The number of benzene rings is 1.